The lowest BCUT2D eigenvalue weighted by Crippen LogP contribution is -2.30. The highest BCUT2D eigenvalue weighted by Crippen LogP contribution is 2.25. The number of hydrogen-bond acceptors (Lipinski definition) is 6. The molecular formula is C15H14ClN3O4S. The summed E-state index contributed by atoms with van der Waals surface area (Å²) in [6.07, 6.45) is -1.11. The quantitative estimate of drug-likeness (QED) is 0.552. The second-order valence-corrected chi connectivity index (χ2v) is 6.09. The van der Waals surface area contributed by atoms with Crippen LogP contribution in [0.3, 0.4) is 0 Å². The Morgan fingerprint density at radius 2 is 1.96 bits per heavy atom. The predicted octanol–water partition coefficient (Wildman–Crippen LogP) is 2.27. The predicted molar refractivity (Wildman–Crippen MR) is 92.2 cm³/mol. The van der Waals surface area contributed by atoms with Crippen LogP contribution in [0.5, 0.6) is 0 Å². The Bertz CT molecular complexity index is 806. The van der Waals surface area contributed by atoms with E-state index in [9.17, 15) is 14.4 Å². The Hall–Kier alpha value is -2.58. The maximum Gasteiger partial charge on any atom is 0.341 e. The number of nitrogens with two attached hydrogens (primary N) is 2. The number of halogens is 1. The smallest absolute Gasteiger partial charge is 0.341 e. The van der Waals surface area contributed by atoms with Crippen LogP contribution in [-0.2, 0) is 9.53 Å². The molecule has 0 unspecified atom stereocenters. The number of benzene rings is 1. The Morgan fingerprint density at radius 1 is 1.25 bits per heavy atom. The minimum Gasteiger partial charge on any atom is -0.449 e. The van der Waals surface area contributed by atoms with Crippen molar-refractivity contribution in [2.45, 2.75) is 13.0 Å². The lowest BCUT2D eigenvalue weighted by molar-refractivity contribution is -0.123. The van der Waals surface area contributed by atoms with E-state index in [1.54, 1.807) is 11.4 Å². The molecule has 1 aromatic heterocycles. The monoisotopic (exact) mass is 367 g/mol. The number of nitrogen functional groups attached to an aromatic ring is 1. The second kappa shape index (κ2) is 7.33. The first kappa shape index (κ1) is 17.8. The maximum atomic E-state index is 12.1. The van der Waals surface area contributed by atoms with E-state index in [4.69, 9.17) is 27.8 Å². The van der Waals surface area contributed by atoms with E-state index < -0.39 is 23.9 Å². The summed E-state index contributed by atoms with van der Waals surface area (Å²) in [4.78, 5) is 35.4. The summed E-state index contributed by atoms with van der Waals surface area (Å²) in [5, 5.41) is 4.61. The van der Waals surface area contributed by atoms with Crippen LogP contribution in [0, 0.1) is 0 Å². The molecule has 126 valence electrons. The topological polar surface area (TPSA) is 125 Å². The van der Waals surface area contributed by atoms with Gasteiger partial charge in [-0.15, -0.1) is 11.3 Å². The number of amides is 2. The van der Waals surface area contributed by atoms with Gasteiger partial charge in [-0.3, -0.25) is 9.59 Å². The van der Waals surface area contributed by atoms with Gasteiger partial charge in [0.2, 0.25) is 0 Å². The van der Waals surface area contributed by atoms with Gasteiger partial charge in [-0.25, -0.2) is 4.79 Å². The number of ether oxygens (including phenoxy) is 1. The summed E-state index contributed by atoms with van der Waals surface area (Å²) in [5.41, 5.74) is 11.2. The fourth-order valence-electron chi connectivity index (χ4n) is 1.81. The van der Waals surface area contributed by atoms with Gasteiger partial charge in [0.05, 0.1) is 21.8 Å². The van der Waals surface area contributed by atoms with Crippen molar-refractivity contribution >= 4 is 51.4 Å². The SMILES string of the molecule is C[C@@H](OC(=O)c1cccc(Cl)c1N)C(=O)Nc1sccc1C(N)=O. The minimum atomic E-state index is -1.11. The van der Waals surface area contributed by atoms with Crippen molar-refractivity contribution in [3.05, 3.63) is 45.8 Å². The third-order valence-electron chi connectivity index (χ3n) is 3.09. The standard InChI is InChI=1S/C15H14ClN3O4S/c1-7(13(21)19-14-9(12(18)20)5-6-24-14)23-15(22)8-3-2-4-10(16)11(8)17/h2-7H,17H2,1H3,(H2,18,20)(H,19,21)/t7-/m1/s1. The molecule has 0 spiro atoms. The van der Waals surface area contributed by atoms with E-state index in [-0.39, 0.29) is 26.8 Å². The molecule has 1 aromatic carbocycles. The Labute approximate surface area is 146 Å². The number of carbonyl (C=O) groups is 3. The van der Waals surface area contributed by atoms with Crippen molar-refractivity contribution in [1.82, 2.24) is 0 Å². The fourth-order valence-corrected chi connectivity index (χ4v) is 2.78. The lowest BCUT2D eigenvalue weighted by Gasteiger charge is -2.14. The Kier molecular flexibility index (Phi) is 5.42. The molecule has 2 amide bonds. The molecule has 0 saturated heterocycles. The van der Waals surface area contributed by atoms with Crippen LogP contribution in [0.25, 0.3) is 0 Å². The summed E-state index contributed by atoms with van der Waals surface area (Å²) >= 11 is 6.98. The summed E-state index contributed by atoms with van der Waals surface area (Å²) in [7, 11) is 0. The van der Waals surface area contributed by atoms with Crippen LogP contribution in [0.15, 0.2) is 29.6 Å². The zero-order chi connectivity index (χ0) is 17.9. The number of hydrogen-bond donors (Lipinski definition) is 3. The van der Waals surface area contributed by atoms with Crippen molar-refractivity contribution in [2.75, 3.05) is 11.1 Å². The number of nitrogens with one attached hydrogen (secondary N) is 1. The number of anilines is 2. The van der Waals surface area contributed by atoms with E-state index in [0.29, 0.717) is 0 Å². The number of thiophene rings is 1. The van der Waals surface area contributed by atoms with Gasteiger partial charge in [0.25, 0.3) is 11.8 Å². The van der Waals surface area contributed by atoms with Crippen molar-refractivity contribution < 1.29 is 19.1 Å². The van der Waals surface area contributed by atoms with Crippen molar-refractivity contribution in [1.29, 1.82) is 0 Å². The van der Waals surface area contributed by atoms with Crippen LogP contribution >= 0.6 is 22.9 Å². The Morgan fingerprint density at radius 3 is 2.62 bits per heavy atom. The van der Waals surface area contributed by atoms with Gasteiger partial charge >= 0.3 is 5.97 Å². The van der Waals surface area contributed by atoms with Crippen LogP contribution in [0.4, 0.5) is 10.7 Å². The summed E-state index contributed by atoms with van der Waals surface area (Å²) in [5.74, 6) is -2.05. The summed E-state index contributed by atoms with van der Waals surface area (Å²) in [6.45, 7) is 1.39. The maximum absolute atomic E-state index is 12.1. The second-order valence-electron chi connectivity index (χ2n) is 4.77. The van der Waals surface area contributed by atoms with E-state index in [0.717, 1.165) is 11.3 Å². The molecule has 0 fully saturated rings. The van der Waals surface area contributed by atoms with E-state index >= 15 is 0 Å². The molecule has 0 aliphatic carbocycles. The van der Waals surface area contributed by atoms with Crippen LogP contribution < -0.4 is 16.8 Å². The summed E-state index contributed by atoms with van der Waals surface area (Å²) in [6, 6.07) is 6.02. The van der Waals surface area contributed by atoms with Crippen LogP contribution in [-0.4, -0.2) is 23.9 Å². The zero-order valence-electron chi connectivity index (χ0n) is 12.5. The molecule has 0 radical (unpaired) electrons. The van der Waals surface area contributed by atoms with Crippen LogP contribution in [0.1, 0.15) is 27.6 Å². The molecule has 9 heteroatoms. The lowest BCUT2D eigenvalue weighted by atomic mass is 10.2. The number of rotatable bonds is 5. The largest absolute Gasteiger partial charge is 0.449 e. The molecule has 2 aromatic rings. The Balaban J connectivity index is 2.06. The molecule has 24 heavy (non-hydrogen) atoms. The van der Waals surface area contributed by atoms with Gasteiger partial charge < -0.3 is 21.5 Å². The fraction of sp³-hybridized carbons (Fsp3) is 0.133. The number of primary amides is 1. The van der Waals surface area contributed by atoms with Crippen molar-refractivity contribution in [3.8, 4) is 0 Å². The molecule has 1 heterocycles. The van der Waals surface area contributed by atoms with Gasteiger partial charge in [0.1, 0.15) is 5.00 Å². The molecule has 7 nitrogen and oxygen atoms in total. The number of carbonyl (C=O) groups excluding carboxylic acids is 3. The molecule has 0 aliphatic rings. The molecule has 0 bridgehead atoms. The first-order chi connectivity index (χ1) is 11.3. The molecule has 0 saturated carbocycles. The van der Waals surface area contributed by atoms with Gasteiger partial charge in [0.15, 0.2) is 6.10 Å². The average molecular weight is 368 g/mol. The summed E-state index contributed by atoms with van der Waals surface area (Å²) < 4.78 is 5.08. The molecule has 5 N–H and O–H groups in total. The highest BCUT2D eigenvalue weighted by molar-refractivity contribution is 7.14. The van der Waals surface area contributed by atoms with E-state index in [2.05, 4.69) is 5.32 Å². The highest BCUT2D eigenvalue weighted by atomic mass is 35.5. The number of para-hydroxylation sites is 1. The first-order valence-corrected chi connectivity index (χ1v) is 8.00. The highest BCUT2D eigenvalue weighted by Gasteiger charge is 2.22. The molecule has 2 rings (SSSR count). The minimum absolute atomic E-state index is 0.0658. The van der Waals surface area contributed by atoms with Gasteiger partial charge in [0, 0.05) is 0 Å². The zero-order valence-corrected chi connectivity index (χ0v) is 14.1. The third-order valence-corrected chi connectivity index (χ3v) is 4.25. The number of esters is 1. The van der Waals surface area contributed by atoms with Crippen molar-refractivity contribution in [2.24, 2.45) is 5.73 Å². The first-order valence-electron chi connectivity index (χ1n) is 6.74. The third kappa shape index (κ3) is 3.84. The molecular weight excluding hydrogens is 354 g/mol. The van der Waals surface area contributed by atoms with E-state index in [1.807, 2.05) is 0 Å². The normalized spacial score (nSPS) is 11.6. The van der Waals surface area contributed by atoms with Crippen LogP contribution in [0.2, 0.25) is 5.02 Å². The molecule has 1 atom stereocenters. The van der Waals surface area contributed by atoms with E-state index in [1.165, 1.54) is 25.1 Å². The van der Waals surface area contributed by atoms with Gasteiger partial charge in [-0.1, -0.05) is 17.7 Å². The van der Waals surface area contributed by atoms with Gasteiger partial charge in [-0.05, 0) is 30.5 Å². The van der Waals surface area contributed by atoms with Crippen molar-refractivity contribution in [3.63, 3.8) is 0 Å². The average Bonchev–Trinajstić information content (AvgIpc) is 2.98. The molecule has 0 aliphatic heterocycles. The van der Waals surface area contributed by atoms with Gasteiger partial charge in [-0.2, -0.15) is 0 Å².